The van der Waals surface area contributed by atoms with E-state index in [1.165, 1.54) is 0 Å². The first-order chi connectivity index (χ1) is 9.47. The Balaban J connectivity index is 2.38. The molecule has 20 heavy (non-hydrogen) atoms. The van der Waals surface area contributed by atoms with Crippen molar-refractivity contribution in [2.24, 2.45) is 13.0 Å². The van der Waals surface area contributed by atoms with Crippen LogP contribution in [0.1, 0.15) is 23.7 Å². The molecule has 7 nitrogen and oxygen atoms in total. The van der Waals surface area contributed by atoms with Crippen molar-refractivity contribution >= 4 is 11.9 Å². The number of amides is 1. The number of rotatable bonds is 5. The van der Waals surface area contributed by atoms with Gasteiger partial charge in [-0.1, -0.05) is 0 Å². The predicted octanol–water partition coefficient (Wildman–Crippen LogP) is 0.349. The summed E-state index contributed by atoms with van der Waals surface area (Å²) in [7, 11) is 3.35. The number of carboxylic acids is 1. The minimum absolute atomic E-state index is 0.0258. The van der Waals surface area contributed by atoms with E-state index in [0.717, 1.165) is 11.3 Å². The van der Waals surface area contributed by atoms with Crippen LogP contribution in [0.3, 0.4) is 0 Å². The SMILES string of the molecule is COCCN1C(=O)CC(C(=O)O)C1c1cnn(C)c1C. The van der Waals surface area contributed by atoms with Crippen LogP contribution in [0.5, 0.6) is 0 Å². The molecule has 2 heterocycles. The van der Waals surface area contributed by atoms with Crippen molar-refractivity contribution in [2.45, 2.75) is 19.4 Å². The van der Waals surface area contributed by atoms with Crippen molar-refractivity contribution < 1.29 is 19.4 Å². The van der Waals surface area contributed by atoms with Crippen molar-refractivity contribution in [3.05, 3.63) is 17.5 Å². The largest absolute Gasteiger partial charge is 0.481 e. The van der Waals surface area contributed by atoms with Gasteiger partial charge in [0.2, 0.25) is 5.91 Å². The summed E-state index contributed by atoms with van der Waals surface area (Å²) in [4.78, 5) is 25.1. The standard InChI is InChI=1S/C13H19N3O4/c1-8-10(7-14-15(8)2)12-9(13(18)19)6-11(17)16(12)4-5-20-3/h7,9,12H,4-6H2,1-3H3,(H,18,19). The molecule has 0 spiro atoms. The first-order valence-electron chi connectivity index (χ1n) is 6.47. The van der Waals surface area contributed by atoms with E-state index in [1.54, 1.807) is 29.9 Å². The molecule has 2 unspecified atom stereocenters. The van der Waals surface area contributed by atoms with Crippen molar-refractivity contribution in [3.8, 4) is 0 Å². The first-order valence-corrected chi connectivity index (χ1v) is 6.47. The number of carboxylic acid groups (broad SMARTS) is 1. The normalized spacial score (nSPS) is 22.6. The molecule has 0 aromatic carbocycles. The lowest BCUT2D eigenvalue weighted by atomic mass is 9.94. The van der Waals surface area contributed by atoms with E-state index in [0.29, 0.717) is 13.2 Å². The van der Waals surface area contributed by atoms with Crippen LogP contribution in [-0.2, 0) is 21.4 Å². The zero-order valence-electron chi connectivity index (χ0n) is 11.9. The molecule has 7 heteroatoms. The van der Waals surface area contributed by atoms with Gasteiger partial charge in [-0.25, -0.2) is 0 Å². The molecule has 0 bridgehead atoms. The monoisotopic (exact) mass is 281 g/mol. The van der Waals surface area contributed by atoms with Crippen LogP contribution in [0.2, 0.25) is 0 Å². The average Bonchev–Trinajstić information content (AvgIpc) is 2.89. The van der Waals surface area contributed by atoms with Crippen LogP contribution in [0.25, 0.3) is 0 Å². The van der Waals surface area contributed by atoms with Gasteiger partial charge < -0.3 is 14.7 Å². The van der Waals surface area contributed by atoms with Crippen molar-refractivity contribution in [2.75, 3.05) is 20.3 Å². The molecule has 1 aliphatic heterocycles. The summed E-state index contributed by atoms with van der Waals surface area (Å²) in [5.74, 6) is -1.84. The maximum atomic E-state index is 12.1. The highest BCUT2D eigenvalue weighted by Crippen LogP contribution is 2.39. The van der Waals surface area contributed by atoms with Gasteiger partial charge in [0.25, 0.3) is 0 Å². The number of aromatic nitrogens is 2. The van der Waals surface area contributed by atoms with Gasteiger partial charge in [0.15, 0.2) is 0 Å². The number of aryl methyl sites for hydroxylation is 1. The number of carbonyl (C=O) groups excluding carboxylic acids is 1. The summed E-state index contributed by atoms with van der Waals surface area (Å²) in [6.07, 6.45) is 1.67. The van der Waals surface area contributed by atoms with Crippen LogP contribution >= 0.6 is 0 Å². The van der Waals surface area contributed by atoms with Crippen molar-refractivity contribution in [3.63, 3.8) is 0 Å². The zero-order chi connectivity index (χ0) is 14.9. The number of hydrogen-bond donors (Lipinski definition) is 1. The van der Waals surface area contributed by atoms with Gasteiger partial charge in [0.1, 0.15) is 0 Å². The number of nitrogens with zero attached hydrogens (tertiary/aromatic N) is 3. The Hall–Kier alpha value is -1.89. The summed E-state index contributed by atoms with van der Waals surface area (Å²) in [5.41, 5.74) is 1.67. The molecule has 0 radical (unpaired) electrons. The molecule has 1 aliphatic rings. The Morgan fingerprint density at radius 1 is 1.60 bits per heavy atom. The maximum absolute atomic E-state index is 12.1. The number of carbonyl (C=O) groups is 2. The molecule has 2 atom stereocenters. The van der Waals surface area contributed by atoms with Gasteiger partial charge in [0.05, 0.1) is 24.8 Å². The van der Waals surface area contributed by atoms with E-state index >= 15 is 0 Å². The summed E-state index contributed by atoms with van der Waals surface area (Å²) < 4.78 is 6.69. The fourth-order valence-electron chi connectivity index (χ4n) is 2.66. The second kappa shape index (κ2) is 5.62. The van der Waals surface area contributed by atoms with Gasteiger partial charge in [-0.2, -0.15) is 5.10 Å². The fourth-order valence-corrected chi connectivity index (χ4v) is 2.66. The molecule has 0 aliphatic carbocycles. The summed E-state index contributed by atoms with van der Waals surface area (Å²) in [5, 5.41) is 13.5. The van der Waals surface area contributed by atoms with Crippen LogP contribution in [0.15, 0.2) is 6.20 Å². The summed E-state index contributed by atoms with van der Waals surface area (Å²) in [6, 6.07) is -0.469. The number of ether oxygens (including phenoxy) is 1. The van der Waals surface area contributed by atoms with Crippen molar-refractivity contribution in [1.82, 2.24) is 14.7 Å². The van der Waals surface area contributed by atoms with Crippen molar-refractivity contribution in [1.29, 1.82) is 0 Å². The third-order valence-corrected chi connectivity index (χ3v) is 3.88. The number of methoxy groups -OCH3 is 1. The number of hydrogen-bond acceptors (Lipinski definition) is 4. The minimum atomic E-state index is -0.952. The molecule has 1 fully saturated rings. The van der Waals surface area contributed by atoms with Crippen LogP contribution < -0.4 is 0 Å². The van der Waals surface area contributed by atoms with E-state index in [1.807, 2.05) is 6.92 Å². The molecule has 1 saturated heterocycles. The zero-order valence-corrected chi connectivity index (χ0v) is 11.9. The van der Waals surface area contributed by atoms with Crippen LogP contribution in [0.4, 0.5) is 0 Å². The highest BCUT2D eigenvalue weighted by atomic mass is 16.5. The molecule has 1 aromatic heterocycles. The molecule has 1 aromatic rings. The van der Waals surface area contributed by atoms with E-state index in [4.69, 9.17) is 4.74 Å². The molecule has 0 saturated carbocycles. The predicted molar refractivity (Wildman–Crippen MR) is 70.0 cm³/mol. The van der Waals surface area contributed by atoms with Gasteiger partial charge in [-0.05, 0) is 6.92 Å². The number of likely N-dealkylation sites (tertiary alicyclic amines) is 1. The average molecular weight is 281 g/mol. The maximum Gasteiger partial charge on any atom is 0.309 e. The molecule has 2 rings (SSSR count). The third-order valence-electron chi connectivity index (χ3n) is 3.88. The molecular formula is C13H19N3O4. The fraction of sp³-hybridized carbons (Fsp3) is 0.615. The smallest absolute Gasteiger partial charge is 0.309 e. The molecule has 110 valence electrons. The highest BCUT2D eigenvalue weighted by Gasteiger charge is 2.45. The second-order valence-corrected chi connectivity index (χ2v) is 4.98. The molecule has 1 N–H and O–H groups in total. The van der Waals surface area contributed by atoms with Crippen LogP contribution in [-0.4, -0.2) is 51.9 Å². The third kappa shape index (κ3) is 2.40. The van der Waals surface area contributed by atoms with Gasteiger partial charge in [-0.15, -0.1) is 0 Å². The second-order valence-electron chi connectivity index (χ2n) is 4.98. The van der Waals surface area contributed by atoms with E-state index in [2.05, 4.69) is 5.10 Å². The van der Waals surface area contributed by atoms with E-state index in [9.17, 15) is 14.7 Å². The topological polar surface area (TPSA) is 84.7 Å². The quantitative estimate of drug-likeness (QED) is 0.841. The lowest BCUT2D eigenvalue weighted by Crippen LogP contribution is -2.33. The Kier molecular flexibility index (Phi) is 4.08. The first kappa shape index (κ1) is 14.5. The molecular weight excluding hydrogens is 262 g/mol. The summed E-state index contributed by atoms with van der Waals surface area (Å²) >= 11 is 0. The Labute approximate surface area is 117 Å². The van der Waals surface area contributed by atoms with E-state index < -0.39 is 17.9 Å². The van der Waals surface area contributed by atoms with Gasteiger partial charge in [-0.3, -0.25) is 14.3 Å². The number of aliphatic carboxylic acids is 1. The van der Waals surface area contributed by atoms with Gasteiger partial charge in [0, 0.05) is 38.4 Å². The highest BCUT2D eigenvalue weighted by molar-refractivity contribution is 5.87. The Morgan fingerprint density at radius 3 is 2.80 bits per heavy atom. The minimum Gasteiger partial charge on any atom is -0.481 e. The Morgan fingerprint density at radius 2 is 2.30 bits per heavy atom. The lowest BCUT2D eigenvalue weighted by Gasteiger charge is -2.26. The molecule has 1 amide bonds. The van der Waals surface area contributed by atoms with E-state index in [-0.39, 0.29) is 12.3 Å². The Bertz CT molecular complexity index is 526. The lowest BCUT2D eigenvalue weighted by molar-refractivity contribution is -0.142. The van der Waals surface area contributed by atoms with Gasteiger partial charge >= 0.3 is 5.97 Å². The summed E-state index contributed by atoms with van der Waals surface area (Å²) in [6.45, 7) is 2.64. The van der Waals surface area contributed by atoms with Crippen LogP contribution in [0, 0.1) is 12.8 Å².